The van der Waals surface area contributed by atoms with Gasteiger partial charge in [-0.25, -0.2) is 0 Å². The lowest BCUT2D eigenvalue weighted by molar-refractivity contribution is -0.890. The molecule has 0 spiro atoms. The Morgan fingerprint density at radius 2 is 1.43 bits per heavy atom. The third-order valence-corrected chi connectivity index (χ3v) is 3.32. The van der Waals surface area contributed by atoms with Crippen LogP contribution in [0.15, 0.2) is 0 Å². The molecule has 0 aliphatic heterocycles. The number of nitrogens with zero attached hydrogens (tertiary/aromatic N) is 1. The van der Waals surface area contributed by atoms with Crippen molar-refractivity contribution >= 4 is 15.9 Å². The molecular weight excluding hydrogens is 238 g/mol. The molecule has 86 valence electrons. The zero-order chi connectivity index (χ0) is 10.9. The highest BCUT2D eigenvalue weighted by Gasteiger charge is 2.12. The number of quaternary nitrogens is 1. The minimum Gasteiger partial charge on any atom is -0.328 e. The first kappa shape index (κ1) is 14.4. The molecule has 0 atom stereocenters. The third kappa shape index (κ3) is 9.01. The van der Waals surface area contributed by atoms with Crippen LogP contribution in [-0.4, -0.2) is 37.0 Å². The van der Waals surface area contributed by atoms with E-state index < -0.39 is 0 Å². The van der Waals surface area contributed by atoms with E-state index in [1.807, 2.05) is 0 Å². The van der Waals surface area contributed by atoms with Gasteiger partial charge in [0, 0.05) is 11.8 Å². The van der Waals surface area contributed by atoms with Crippen molar-refractivity contribution in [2.75, 3.05) is 32.5 Å². The van der Waals surface area contributed by atoms with Gasteiger partial charge < -0.3 is 4.48 Å². The van der Waals surface area contributed by atoms with Gasteiger partial charge in [-0.1, -0.05) is 42.1 Å². The summed E-state index contributed by atoms with van der Waals surface area (Å²) in [5.74, 6) is 0. The standard InChI is InChI=1S/C12H27BrN/c1-4-5-6-7-8-11-14(2,3)12-9-10-13/h4-12H2,1-3H3/q+1. The summed E-state index contributed by atoms with van der Waals surface area (Å²) < 4.78 is 1.19. The van der Waals surface area contributed by atoms with E-state index in [0.717, 1.165) is 5.33 Å². The fraction of sp³-hybridized carbons (Fsp3) is 1.00. The van der Waals surface area contributed by atoms with Gasteiger partial charge in [0.05, 0.1) is 27.2 Å². The van der Waals surface area contributed by atoms with Gasteiger partial charge in [-0.2, -0.15) is 0 Å². The smallest absolute Gasteiger partial charge is 0.0790 e. The molecule has 0 aromatic carbocycles. The van der Waals surface area contributed by atoms with Gasteiger partial charge in [-0.05, 0) is 12.8 Å². The Morgan fingerprint density at radius 3 is 2.00 bits per heavy atom. The van der Waals surface area contributed by atoms with Gasteiger partial charge in [-0.3, -0.25) is 0 Å². The van der Waals surface area contributed by atoms with E-state index in [-0.39, 0.29) is 0 Å². The maximum atomic E-state index is 3.49. The van der Waals surface area contributed by atoms with Crippen molar-refractivity contribution in [1.82, 2.24) is 0 Å². The number of rotatable bonds is 9. The van der Waals surface area contributed by atoms with Crippen molar-refractivity contribution in [3.63, 3.8) is 0 Å². The minimum absolute atomic E-state index is 1.14. The minimum atomic E-state index is 1.14. The van der Waals surface area contributed by atoms with Crippen LogP contribution in [0.2, 0.25) is 0 Å². The molecule has 0 aliphatic carbocycles. The fourth-order valence-corrected chi connectivity index (χ4v) is 1.99. The normalized spacial score (nSPS) is 12.0. The molecule has 1 nitrogen and oxygen atoms in total. The van der Waals surface area contributed by atoms with Crippen LogP contribution < -0.4 is 0 Å². The van der Waals surface area contributed by atoms with Crippen molar-refractivity contribution < 1.29 is 4.48 Å². The molecule has 0 unspecified atom stereocenters. The molecular formula is C12H27BrN+. The lowest BCUT2D eigenvalue weighted by Crippen LogP contribution is -2.41. The van der Waals surface area contributed by atoms with Crippen LogP contribution in [0, 0.1) is 0 Å². The van der Waals surface area contributed by atoms with Crippen LogP contribution in [-0.2, 0) is 0 Å². The zero-order valence-electron chi connectivity index (χ0n) is 10.2. The average Bonchev–Trinajstić information content (AvgIpc) is 2.15. The molecule has 2 heteroatoms. The summed E-state index contributed by atoms with van der Waals surface area (Å²) in [6, 6.07) is 0. The highest BCUT2D eigenvalue weighted by atomic mass is 79.9. The monoisotopic (exact) mass is 264 g/mol. The second-order valence-electron chi connectivity index (χ2n) is 4.84. The Bertz CT molecular complexity index is 123. The molecule has 0 bridgehead atoms. The van der Waals surface area contributed by atoms with Gasteiger partial charge in [-0.15, -0.1) is 0 Å². The maximum absolute atomic E-state index is 3.49. The summed E-state index contributed by atoms with van der Waals surface area (Å²) in [6.07, 6.45) is 8.30. The van der Waals surface area contributed by atoms with Crippen LogP contribution in [0.4, 0.5) is 0 Å². The largest absolute Gasteiger partial charge is 0.328 e. The highest BCUT2D eigenvalue weighted by molar-refractivity contribution is 9.09. The van der Waals surface area contributed by atoms with Crippen LogP contribution >= 0.6 is 15.9 Å². The van der Waals surface area contributed by atoms with Crippen LogP contribution in [0.3, 0.4) is 0 Å². The Balaban J connectivity index is 3.35. The van der Waals surface area contributed by atoms with E-state index in [9.17, 15) is 0 Å². The first-order valence-electron chi connectivity index (χ1n) is 6.00. The second kappa shape index (κ2) is 8.72. The second-order valence-corrected chi connectivity index (χ2v) is 5.63. The molecule has 0 aliphatic rings. The number of hydrogen-bond acceptors (Lipinski definition) is 0. The van der Waals surface area contributed by atoms with Crippen LogP contribution in [0.1, 0.15) is 45.4 Å². The number of halogens is 1. The average molecular weight is 265 g/mol. The lowest BCUT2D eigenvalue weighted by Gasteiger charge is -2.29. The van der Waals surface area contributed by atoms with Crippen molar-refractivity contribution in [2.45, 2.75) is 45.4 Å². The fourth-order valence-electron chi connectivity index (χ4n) is 1.74. The van der Waals surface area contributed by atoms with E-state index in [2.05, 4.69) is 36.9 Å². The van der Waals surface area contributed by atoms with Gasteiger partial charge in [0.25, 0.3) is 0 Å². The maximum Gasteiger partial charge on any atom is 0.0790 e. The number of unbranched alkanes of at least 4 members (excludes halogenated alkanes) is 4. The third-order valence-electron chi connectivity index (χ3n) is 2.76. The summed E-state index contributed by atoms with van der Waals surface area (Å²) >= 11 is 3.49. The molecule has 0 aromatic heterocycles. The molecule has 0 heterocycles. The lowest BCUT2D eigenvalue weighted by atomic mass is 10.1. The molecule has 0 N–H and O–H groups in total. The first-order chi connectivity index (χ1) is 6.62. The first-order valence-corrected chi connectivity index (χ1v) is 7.12. The summed E-state index contributed by atoms with van der Waals surface area (Å²) in [7, 11) is 4.70. The molecule has 0 amide bonds. The molecule has 0 aromatic rings. The van der Waals surface area contributed by atoms with E-state index in [1.165, 1.54) is 56.1 Å². The number of hydrogen-bond donors (Lipinski definition) is 0. The van der Waals surface area contributed by atoms with E-state index in [0.29, 0.717) is 0 Å². The van der Waals surface area contributed by atoms with Gasteiger partial charge in [0.2, 0.25) is 0 Å². The molecule has 0 radical (unpaired) electrons. The summed E-state index contributed by atoms with van der Waals surface area (Å²) in [4.78, 5) is 0. The summed E-state index contributed by atoms with van der Waals surface area (Å²) in [5, 5.41) is 1.14. The van der Waals surface area contributed by atoms with E-state index >= 15 is 0 Å². The van der Waals surface area contributed by atoms with Crippen LogP contribution in [0.25, 0.3) is 0 Å². The van der Waals surface area contributed by atoms with Gasteiger partial charge in [0.1, 0.15) is 0 Å². The van der Waals surface area contributed by atoms with E-state index in [4.69, 9.17) is 0 Å². The summed E-state index contributed by atoms with van der Waals surface area (Å²) in [5.41, 5.74) is 0. The predicted molar refractivity (Wildman–Crippen MR) is 69.0 cm³/mol. The Labute approximate surface area is 98.6 Å². The van der Waals surface area contributed by atoms with Gasteiger partial charge >= 0.3 is 0 Å². The van der Waals surface area contributed by atoms with Crippen molar-refractivity contribution in [2.24, 2.45) is 0 Å². The molecule has 0 rings (SSSR count). The molecule has 14 heavy (non-hydrogen) atoms. The van der Waals surface area contributed by atoms with Crippen molar-refractivity contribution in [1.29, 1.82) is 0 Å². The van der Waals surface area contributed by atoms with E-state index in [1.54, 1.807) is 0 Å². The van der Waals surface area contributed by atoms with Gasteiger partial charge in [0.15, 0.2) is 0 Å². The summed E-state index contributed by atoms with van der Waals surface area (Å²) in [6.45, 7) is 4.92. The molecule has 0 saturated carbocycles. The van der Waals surface area contributed by atoms with Crippen molar-refractivity contribution in [3.05, 3.63) is 0 Å². The Kier molecular flexibility index (Phi) is 9.00. The van der Waals surface area contributed by atoms with Crippen LogP contribution in [0.5, 0.6) is 0 Å². The Hall–Kier alpha value is 0.440. The van der Waals surface area contributed by atoms with Crippen molar-refractivity contribution in [3.8, 4) is 0 Å². The molecule has 0 saturated heterocycles. The zero-order valence-corrected chi connectivity index (χ0v) is 11.8. The Morgan fingerprint density at radius 1 is 0.857 bits per heavy atom. The SMILES string of the molecule is CCCCCCC[N+](C)(C)CCCBr. The highest BCUT2D eigenvalue weighted by Crippen LogP contribution is 2.08. The predicted octanol–water partition coefficient (Wildman–Crippen LogP) is 3.82. The quantitative estimate of drug-likeness (QED) is 0.338. The molecule has 0 fully saturated rings. The topological polar surface area (TPSA) is 0 Å². The number of alkyl halides is 1.